The second-order valence-corrected chi connectivity index (χ2v) is 4.69. The van der Waals surface area contributed by atoms with Crippen LogP contribution in [0.3, 0.4) is 0 Å². The molecule has 6 nitrogen and oxygen atoms in total. The number of non-ortho nitro benzene ring substituents is 1. The van der Waals surface area contributed by atoms with E-state index >= 15 is 0 Å². The molecule has 1 aromatic heterocycles. The van der Waals surface area contributed by atoms with E-state index in [-0.39, 0.29) is 10.8 Å². The van der Waals surface area contributed by atoms with Crippen LogP contribution in [0.5, 0.6) is 0 Å². The van der Waals surface area contributed by atoms with Gasteiger partial charge in [0.25, 0.3) is 5.69 Å². The summed E-state index contributed by atoms with van der Waals surface area (Å²) in [7, 11) is 0. The van der Waals surface area contributed by atoms with Crippen molar-refractivity contribution in [3.05, 3.63) is 56.0 Å². The van der Waals surface area contributed by atoms with Gasteiger partial charge in [0, 0.05) is 23.7 Å². The fourth-order valence-corrected chi connectivity index (χ4v) is 2.52. The molecule has 1 aliphatic rings. The average Bonchev–Trinajstić information content (AvgIpc) is 2.37. The molecule has 7 heteroatoms. The van der Waals surface area contributed by atoms with Crippen molar-refractivity contribution in [2.24, 2.45) is 0 Å². The van der Waals surface area contributed by atoms with Crippen LogP contribution >= 0.6 is 11.6 Å². The van der Waals surface area contributed by atoms with Crippen LogP contribution < -0.4 is 4.85 Å². The fourth-order valence-electron chi connectivity index (χ4n) is 2.34. The third-order valence-electron chi connectivity index (χ3n) is 3.22. The minimum atomic E-state index is -0.456. The second-order valence-electron chi connectivity index (χ2n) is 4.30. The van der Waals surface area contributed by atoms with Gasteiger partial charge in [-0.2, -0.15) is 0 Å². The van der Waals surface area contributed by atoms with Crippen molar-refractivity contribution in [1.29, 1.82) is 0 Å². The predicted octanol–water partition coefficient (Wildman–Crippen LogP) is 2.04. The van der Waals surface area contributed by atoms with Gasteiger partial charge in [-0.25, -0.2) is 0 Å². The third kappa shape index (κ3) is 1.90. The minimum absolute atomic E-state index is 0.00279. The van der Waals surface area contributed by atoms with Crippen molar-refractivity contribution in [3.63, 3.8) is 0 Å². The summed E-state index contributed by atoms with van der Waals surface area (Å²) in [5.41, 5.74) is 2.78. The third-order valence-corrected chi connectivity index (χ3v) is 3.40. The Morgan fingerprint density at radius 2 is 2.05 bits per heavy atom. The Balaban J connectivity index is 2.27. The Hall–Kier alpha value is -2.21. The van der Waals surface area contributed by atoms with E-state index < -0.39 is 4.92 Å². The number of nitro benzene ring substituents is 1. The van der Waals surface area contributed by atoms with E-state index in [2.05, 4.69) is 5.10 Å². The molecule has 96 valence electrons. The van der Waals surface area contributed by atoms with Gasteiger partial charge in [0.15, 0.2) is 5.15 Å². The first kappa shape index (κ1) is 11.9. The van der Waals surface area contributed by atoms with Gasteiger partial charge in [0.05, 0.1) is 10.5 Å². The van der Waals surface area contributed by atoms with Gasteiger partial charge in [-0.05, 0) is 23.6 Å². The first-order valence-electron chi connectivity index (χ1n) is 5.63. The summed E-state index contributed by atoms with van der Waals surface area (Å²) in [5, 5.41) is 26.2. The zero-order valence-corrected chi connectivity index (χ0v) is 10.4. The lowest BCUT2D eigenvalue weighted by atomic mass is 9.88. The number of halogens is 1. The maximum atomic E-state index is 11.7. The monoisotopic (exact) mass is 277 g/mol. The van der Waals surface area contributed by atoms with Gasteiger partial charge in [-0.1, -0.05) is 22.5 Å². The average molecular weight is 278 g/mol. The van der Waals surface area contributed by atoms with Gasteiger partial charge in [0.2, 0.25) is 5.69 Å². The standard InChI is InChI=1S/C12H8ClN3O3/c13-12-6-10-9-5-8(16(18)19)3-1-7(9)2-4-11(10)15(17)14-12/h1,3,5-6H,2,4H2. The first-order valence-corrected chi connectivity index (χ1v) is 6.01. The van der Waals surface area contributed by atoms with E-state index in [4.69, 9.17) is 11.6 Å². The molecular formula is C12H8ClN3O3. The lowest BCUT2D eigenvalue weighted by molar-refractivity contribution is -0.676. The SMILES string of the molecule is O=[N+]([O-])c1ccc2c(c1)-c1cc(Cl)n[n+]([O-])c1CC2. The van der Waals surface area contributed by atoms with E-state index in [1.165, 1.54) is 12.1 Å². The highest BCUT2D eigenvalue weighted by Crippen LogP contribution is 2.34. The van der Waals surface area contributed by atoms with Crippen molar-refractivity contribution in [1.82, 2.24) is 5.10 Å². The Labute approximate surface area is 113 Å². The smallest absolute Gasteiger partial charge is 0.270 e. The highest BCUT2D eigenvalue weighted by Gasteiger charge is 2.26. The van der Waals surface area contributed by atoms with Crippen molar-refractivity contribution in [2.75, 3.05) is 0 Å². The molecule has 0 radical (unpaired) electrons. The number of aryl methyl sites for hydroxylation is 1. The summed E-state index contributed by atoms with van der Waals surface area (Å²) in [6.45, 7) is 0. The molecule has 19 heavy (non-hydrogen) atoms. The van der Waals surface area contributed by atoms with Crippen LogP contribution in [0.2, 0.25) is 5.15 Å². The van der Waals surface area contributed by atoms with Gasteiger partial charge in [0.1, 0.15) is 0 Å². The molecule has 0 aliphatic heterocycles. The quantitative estimate of drug-likeness (QED) is 0.346. The molecule has 0 saturated heterocycles. The first-order chi connectivity index (χ1) is 9.06. The zero-order chi connectivity index (χ0) is 13.6. The largest absolute Gasteiger partial charge is 0.594 e. The van der Waals surface area contributed by atoms with Gasteiger partial charge < -0.3 is 5.21 Å². The molecule has 2 aromatic rings. The Kier molecular flexibility index (Phi) is 2.60. The number of hydrogen-bond acceptors (Lipinski definition) is 4. The van der Waals surface area contributed by atoms with Gasteiger partial charge in [-0.15, -0.1) is 0 Å². The molecule has 0 fully saturated rings. The molecule has 3 rings (SSSR count). The van der Waals surface area contributed by atoms with Crippen LogP contribution in [-0.2, 0) is 12.8 Å². The van der Waals surface area contributed by atoms with Crippen molar-refractivity contribution in [2.45, 2.75) is 12.8 Å². The predicted molar refractivity (Wildman–Crippen MR) is 67.7 cm³/mol. The lowest BCUT2D eigenvalue weighted by Gasteiger charge is -2.17. The van der Waals surface area contributed by atoms with E-state index in [9.17, 15) is 15.3 Å². The van der Waals surface area contributed by atoms with Crippen LogP contribution in [-0.4, -0.2) is 10.0 Å². The number of aromatic nitrogens is 2. The molecule has 0 N–H and O–H groups in total. The Morgan fingerprint density at radius 1 is 1.26 bits per heavy atom. The van der Waals surface area contributed by atoms with Crippen LogP contribution in [0.1, 0.15) is 11.3 Å². The summed E-state index contributed by atoms with van der Waals surface area (Å²) in [6, 6.07) is 6.24. The number of rotatable bonds is 1. The normalized spacial score (nSPS) is 12.7. The van der Waals surface area contributed by atoms with E-state index in [1.54, 1.807) is 12.1 Å². The molecule has 0 unspecified atom stereocenters. The van der Waals surface area contributed by atoms with Crippen LogP contribution in [0, 0.1) is 15.3 Å². The van der Waals surface area contributed by atoms with Crippen LogP contribution in [0.25, 0.3) is 11.1 Å². The number of nitrogens with zero attached hydrogens (tertiary/aromatic N) is 3. The molecule has 0 atom stereocenters. The summed E-state index contributed by atoms with van der Waals surface area (Å²) in [6.07, 6.45) is 1.21. The molecule has 1 heterocycles. The van der Waals surface area contributed by atoms with E-state index in [1.807, 2.05) is 0 Å². The zero-order valence-electron chi connectivity index (χ0n) is 9.67. The Morgan fingerprint density at radius 3 is 2.79 bits per heavy atom. The minimum Gasteiger partial charge on any atom is -0.594 e. The highest BCUT2D eigenvalue weighted by molar-refractivity contribution is 6.29. The topological polar surface area (TPSA) is 83.0 Å². The van der Waals surface area contributed by atoms with Crippen molar-refractivity contribution >= 4 is 17.3 Å². The summed E-state index contributed by atoms with van der Waals surface area (Å²) >= 11 is 5.78. The summed E-state index contributed by atoms with van der Waals surface area (Å²) in [5.74, 6) is 0. The number of fused-ring (bicyclic) bond motifs is 3. The maximum Gasteiger partial charge on any atom is 0.270 e. The molecule has 0 spiro atoms. The van der Waals surface area contributed by atoms with Crippen LogP contribution in [0.15, 0.2) is 24.3 Å². The molecule has 0 bridgehead atoms. The molecular weight excluding hydrogens is 270 g/mol. The molecule has 0 amide bonds. The summed E-state index contributed by atoms with van der Waals surface area (Å²) < 4.78 is 0. The van der Waals surface area contributed by atoms with Gasteiger partial charge >= 0.3 is 0 Å². The molecule has 0 saturated carbocycles. The molecule has 1 aliphatic carbocycles. The Bertz CT molecular complexity index is 703. The number of hydrogen-bond donors (Lipinski definition) is 0. The number of nitro groups is 1. The van der Waals surface area contributed by atoms with E-state index in [0.717, 1.165) is 5.56 Å². The van der Waals surface area contributed by atoms with E-state index in [0.29, 0.717) is 34.5 Å². The number of benzene rings is 1. The van der Waals surface area contributed by atoms with Crippen LogP contribution in [0.4, 0.5) is 5.69 Å². The van der Waals surface area contributed by atoms with Crippen molar-refractivity contribution < 1.29 is 9.77 Å². The summed E-state index contributed by atoms with van der Waals surface area (Å²) in [4.78, 5) is 10.9. The lowest BCUT2D eigenvalue weighted by Crippen LogP contribution is -2.38. The second kappa shape index (κ2) is 4.17. The fraction of sp³-hybridized carbons (Fsp3) is 0.167. The maximum absolute atomic E-state index is 11.7. The van der Waals surface area contributed by atoms with Crippen molar-refractivity contribution in [3.8, 4) is 11.1 Å². The molecule has 1 aromatic carbocycles. The van der Waals surface area contributed by atoms with Gasteiger partial charge in [-0.3, -0.25) is 10.1 Å². The highest BCUT2D eigenvalue weighted by atomic mass is 35.5.